The molecule has 2 aromatic rings. The third kappa shape index (κ3) is 4.55. The van der Waals surface area contributed by atoms with Crippen LogP contribution in [0.3, 0.4) is 0 Å². The summed E-state index contributed by atoms with van der Waals surface area (Å²) >= 11 is 7.67. The van der Waals surface area contributed by atoms with E-state index in [9.17, 15) is 9.59 Å². The van der Waals surface area contributed by atoms with Crippen LogP contribution in [0.5, 0.6) is 5.75 Å². The molecule has 1 heterocycles. The highest BCUT2D eigenvalue weighted by Crippen LogP contribution is 2.33. The number of rotatable bonds is 3. The van der Waals surface area contributed by atoms with Crippen LogP contribution in [0.4, 0.5) is 0 Å². The number of esters is 2. The van der Waals surface area contributed by atoms with Gasteiger partial charge in [-0.05, 0) is 81.6 Å². The van der Waals surface area contributed by atoms with Gasteiger partial charge in [-0.3, -0.25) is 4.79 Å². The monoisotopic (exact) mass is 636 g/mol. The summed E-state index contributed by atoms with van der Waals surface area (Å²) in [5, 5.41) is 0. The van der Waals surface area contributed by atoms with Crippen molar-refractivity contribution in [2.24, 2.45) is 0 Å². The van der Waals surface area contributed by atoms with Crippen LogP contribution in [-0.2, 0) is 14.3 Å². The summed E-state index contributed by atoms with van der Waals surface area (Å²) in [4.78, 5) is 23.7. The molecule has 0 saturated heterocycles. The van der Waals surface area contributed by atoms with E-state index in [1.807, 2.05) is 36.4 Å². The molecule has 0 bridgehead atoms. The van der Waals surface area contributed by atoms with E-state index in [4.69, 9.17) is 9.47 Å². The fraction of sp³-hybridized carbons (Fsp3) is 0.0526. The van der Waals surface area contributed by atoms with Gasteiger partial charge in [0.25, 0.3) is 0 Å². The molecule has 0 aliphatic carbocycles. The lowest BCUT2D eigenvalue weighted by Crippen LogP contribution is -2.05. The third-order valence-electron chi connectivity index (χ3n) is 3.45. The van der Waals surface area contributed by atoms with Crippen LogP contribution in [-0.4, -0.2) is 11.9 Å². The molecule has 26 heavy (non-hydrogen) atoms. The zero-order valence-electron chi connectivity index (χ0n) is 13.4. The molecule has 1 aliphatic heterocycles. The Labute approximate surface area is 186 Å². The van der Waals surface area contributed by atoms with Gasteiger partial charge in [-0.25, -0.2) is 4.79 Å². The largest absolute Gasteiger partial charge is 0.425 e. The van der Waals surface area contributed by atoms with Crippen molar-refractivity contribution in [1.82, 2.24) is 0 Å². The van der Waals surface area contributed by atoms with Crippen molar-refractivity contribution in [1.29, 1.82) is 0 Å². The molecule has 2 aromatic carbocycles. The summed E-state index contributed by atoms with van der Waals surface area (Å²) in [7, 11) is 0. The summed E-state index contributed by atoms with van der Waals surface area (Å²) in [6, 6.07) is 11.2. The number of carbonyl (C=O) groups is 2. The first-order valence-electron chi connectivity index (χ1n) is 7.42. The number of carbonyl (C=O) groups excluding carboxylic acids is 2. The quantitative estimate of drug-likeness (QED) is 0.192. The summed E-state index contributed by atoms with van der Waals surface area (Å²) in [5.41, 5.74) is 1.85. The van der Waals surface area contributed by atoms with Gasteiger partial charge in [-0.2, -0.15) is 0 Å². The maximum Gasteiger partial charge on any atom is 0.343 e. The van der Waals surface area contributed by atoms with E-state index in [0.29, 0.717) is 22.6 Å². The highest BCUT2D eigenvalue weighted by molar-refractivity contribution is 14.1. The van der Waals surface area contributed by atoms with E-state index < -0.39 is 11.9 Å². The van der Waals surface area contributed by atoms with Crippen LogP contribution < -0.4 is 4.74 Å². The first kappa shape index (κ1) is 19.6. The van der Waals surface area contributed by atoms with E-state index in [2.05, 4.69) is 61.1 Å². The van der Waals surface area contributed by atoms with Gasteiger partial charge in [0.2, 0.25) is 0 Å². The van der Waals surface area contributed by atoms with Crippen molar-refractivity contribution >= 4 is 84.9 Å². The van der Waals surface area contributed by atoms with Gasteiger partial charge in [0.05, 0.1) is 9.14 Å². The Balaban J connectivity index is 2.03. The standard InChI is InChI=1S/C19H11BrI2O4/c1-10(23)25-18-12(7-15(21)9-16(18)22)6-13-8-17(26-19(13)24)11-2-4-14(20)5-3-11/h2-9H,1H3/b13-6+. The molecule has 0 aromatic heterocycles. The van der Waals surface area contributed by atoms with E-state index in [1.165, 1.54) is 6.92 Å². The predicted molar refractivity (Wildman–Crippen MR) is 119 cm³/mol. The fourth-order valence-electron chi connectivity index (χ4n) is 2.35. The minimum Gasteiger partial charge on any atom is -0.425 e. The van der Waals surface area contributed by atoms with Crippen LogP contribution in [0.1, 0.15) is 18.1 Å². The average molecular weight is 637 g/mol. The molecular weight excluding hydrogens is 626 g/mol. The molecule has 0 saturated carbocycles. The molecule has 4 nitrogen and oxygen atoms in total. The summed E-state index contributed by atoms with van der Waals surface area (Å²) in [6.45, 7) is 1.35. The zero-order chi connectivity index (χ0) is 18.8. The van der Waals surface area contributed by atoms with Gasteiger partial charge < -0.3 is 9.47 Å². The minimum atomic E-state index is -0.439. The van der Waals surface area contributed by atoms with E-state index in [1.54, 1.807) is 12.2 Å². The van der Waals surface area contributed by atoms with Crippen LogP contribution in [0, 0.1) is 7.14 Å². The van der Waals surface area contributed by atoms with Crippen molar-refractivity contribution in [2.75, 3.05) is 0 Å². The molecule has 132 valence electrons. The van der Waals surface area contributed by atoms with Crippen LogP contribution in [0.25, 0.3) is 11.8 Å². The summed E-state index contributed by atoms with van der Waals surface area (Å²) in [6.07, 6.45) is 3.37. The Morgan fingerprint density at radius 1 is 1.19 bits per heavy atom. The summed E-state index contributed by atoms with van der Waals surface area (Å²) < 4.78 is 13.4. The molecular formula is C19H11BrI2O4. The number of benzene rings is 2. The van der Waals surface area contributed by atoms with Gasteiger partial charge >= 0.3 is 11.9 Å². The van der Waals surface area contributed by atoms with E-state index in [0.717, 1.165) is 17.2 Å². The lowest BCUT2D eigenvalue weighted by Gasteiger charge is -2.09. The number of ether oxygens (including phenoxy) is 2. The zero-order valence-corrected chi connectivity index (χ0v) is 19.3. The van der Waals surface area contributed by atoms with E-state index >= 15 is 0 Å². The van der Waals surface area contributed by atoms with Gasteiger partial charge in [0.15, 0.2) is 5.75 Å². The molecule has 0 fully saturated rings. The average Bonchev–Trinajstić information content (AvgIpc) is 2.92. The Hall–Kier alpha value is -1.20. The Bertz CT molecular complexity index is 962. The molecule has 0 spiro atoms. The normalized spacial score (nSPS) is 15.0. The first-order chi connectivity index (χ1) is 12.3. The SMILES string of the molecule is CC(=O)Oc1c(I)cc(I)cc1/C=C1\C=C(c2ccc(Br)cc2)OC1=O. The van der Waals surface area contributed by atoms with Gasteiger partial charge in [0, 0.05) is 26.1 Å². The molecule has 7 heteroatoms. The highest BCUT2D eigenvalue weighted by Gasteiger charge is 2.23. The van der Waals surface area contributed by atoms with Crippen molar-refractivity contribution < 1.29 is 19.1 Å². The number of hydrogen-bond acceptors (Lipinski definition) is 4. The van der Waals surface area contributed by atoms with Crippen LogP contribution >= 0.6 is 61.1 Å². The van der Waals surface area contributed by atoms with Crippen LogP contribution in [0.2, 0.25) is 0 Å². The maximum absolute atomic E-state index is 12.3. The van der Waals surface area contributed by atoms with Crippen molar-refractivity contribution in [3.05, 3.63) is 70.8 Å². The maximum atomic E-state index is 12.3. The topological polar surface area (TPSA) is 52.6 Å². The lowest BCUT2D eigenvalue weighted by molar-refractivity contribution is -0.132. The van der Waals surface area contributed by atoms with Crippen LogP contribution in [0.15, 0.2) is 52.5 Å². The van der Waals surface area contributed by atoms with Crippen molar-refractivity contribution in [3.8, 4) is 5.75 Å². The number of hydrogen-bond donors (Lipinski definition) is 0. The minimum absolute atomic E-state index is 0.397. The first-order valence-corrected chi connectivity index (χ1v) is 10.4. The smallest absolute Gasteiger partial charge is 0.343 e. The Morgan fingerprint density at radius 2 is 1.88 bits per heavy atom. The van der Waals surface area contributed by atoms with Gasteiger partial charge in [-0.1, -0.05) is 28.1 Å². The molecule has 0 unspecified atom stereocenters. The molecule has 0 N–H and O–H groups in total. The van der Waals surface area contributed by atoms with Gasteiger partial charge in [-0.15, -0.1) is 0 Å². The molecule has 1 aliphatic rings. The van der Waals surface area contributed by atoms with Crippen molar-refractivity contribution in [2.45, 2.75) is 6.92 Å². The third-order valence-corrected chi connectivity index (χ3v) is 5.40. The molecule has 0 atom stereocenters. The second-order valence-corrected chi connectivity index (χ2v) is 8.73. The molecule has 0 amide bonds. The highest BCUT2D eigenvalue weighted by atomic mass is 127. The molecule has 3 rings (SSSR count). The Morgan fingerprint density at radius 3 is 2.54 bits per heavy atom. The lowest BCUT2D eigenvalue weighted by atomic mass is 10.1. The predicted octanol–water partition coefficient (Wildman–Crippen LogP) is 5.56. The summed E-state index contributed by atoms with van der Waals surface area (Å²) in [5.74, 6) is 0.0712. The Kier molecular flexibility index (Phi) is 6.18. The van der Waals surface area contributed by atoms with E-state index in [-0.39, 0.29) is 0 Å². The number of halogens is 3. The van der Waals surface area contributed by atoms with Gasteiger partial charge in [0.1, 0.15) is 5.76 Å². The fourth-order valence-corrected chi connectivity index (χ4v) is 4.62. The molecule has 0 radical (unpaired) electrons. The second kappa shape index (κ2) is 8.22. The number of cyclic esters (lactones) is 1. The second-order valence-electron chi connectivity index (χ2n) is 5.40. The van der Waals surface area contributed by atoms with Crippen molar-refractivity contribution in [3.63, 3.8) is 0 Å².